The SMILES string of the molecule is COc1ccc(C(OCc2ccccc2)C(F)(F)CI)cc1. The first kappa shape index (κ1) is 17.1. The monoisotopic (exact) mass is 418 g/mol. The average Bonchev–Trinajstić information content (AvgIpc) is 2.56. The molecule has 1 unspecified atom stereocenters. The highest BCUT2D eigenvalue weighted by atomic mass is 127. The van der Waals surface area contributed by atoms with Gasteiger partial charge in [0.15, 0.2) is 0 Å². The van der Waals surface area contributed by atoms with E-state index in [4.69, 9.17) is 9.47 Å². The minimum Gasteiger partial charge on any atom is -0.497 e. The van der Waals surface area contributed by atoms with E-state index < -0.39 is 12.0 Å². The van der Waals surface area contributed by atoms with Crippen LogP contribution in [0.3, 0.4) is 0 Å². The second-order valence-electron chi connectivity index (χ2n) is 4.84. The van der Waals surface area contributed by atoms with Crippen LogP contribution in [0.1, 0.15) is 17.2 Å². The molecule has 0 saturated carbocycles. The average molecular weight is 418 g/mol. The zero-order valence-electron chi connectivity index (χ0n) is 12.1. The lowest BCUT2D eigenvalue weighted by Gasteiger charge is -2.26. The lowest BCUT2D eigenvalue weighted by Crippen LogP contribution is -2.30. The van der Waals surface area contributed by atoms with Crippen LogP contribution in [0.25, 0.3) is 0 Å². The molecule has 0 bridgehead atoms. The van der Waals surface area contributed by atoms with Crippen molar-refractivity contribution in [1.29, 1.82) is 0 Å². The van der Waals surface area contributed by atoms with Crippen LogP contribution in [0.2, 0.25) is 0 Å². The molecule has 0 saturated heterocycles. The number of halogens is 3. The van der Waals surface area contributed by atoms with Gasteiger partial charge in [-0.15, -0.1) is 0 Å². The highest BCUT2D eigenvalue weighted by Crippen LogP contribution is 2.37. The fraction of sp³-hybridized carbons (Fsp3) is 0.294. The first-order valence-electron chi connectivity index (χ1n) is 6.80. The van der Waals surface area contributed by atoms with E-state index >= 15 is 0 Å². The second-order valence-corrected chi connectivity index (χ2v) is 5.61. The topological polar surface area (TPSA) is 18.5 Å². The Bertz CT molecular complexity index is 573. The molecular weight excluding hydrogens is 401 g/mol. The first-order valence-corrected chi connectivity index (χ1v) is 8.32. The Balaban J connectivity index is 2.18. The predicted octanol–water partition coefficient (Wildman–Crippen LogP) is 5.02. The van der Waals surface area contributed by atoms with Gasteiger partial charge in [-0.25, -0.2) is 8.78 Å². The predicted molar refractivity (Wildman–Crippen MR) is 90.8 cm³/mol. The zero-order chi connectivity index (χ0) is 16.0. The summed E-state index contributed by atoms with van der Waals surface area (Å²) < 4.78 is 38.7. The van der Waals surface area contributed by atoms with Crippen LogP contribution >= 0.6 is 22.6 Å². The van der Waals surface area contributed by atoms with Crippen LogP contribution in [0.15, 0.2) is 54.6 Å². The molecular formula is C17H17F2IO2. The van der Waals surface area contributed by atoms with Crippen molar-refractivity contribution in [2.75, 3.05) is 11.5 Å². The molecule has 22 heavy (non-hydrogen) atoms. The molecule has 2 nitrogen and oxygen atoms in total. The number of ether oxygens (including phenoxy) is 2. The lowest BCUT2D eigenvalue weighted by molar-refractivity contribution is -0.129. The molecule has 2 aromatic rings. The third kappa shape index (κ3) is 4.39. The molecule has 0 N–H and O–H groups in total. The van der Waals surface area contributed by atoms with E-state index in [-0.39, 0.29) is 11.0 Å². The highest BCUT2D eigenvalue weighted by molar-refractivity contribution is 14.1. The van der Waals surface area contributed by atoms with Crippen LogP contribution in [-0.2, 0) is 11.3 Å². The van der Waals surface area contributed by atoms with E-state index in [9.17, 15) is 8.78 Å². The quantitative estimate of drug-likeness (QED) is 0.464. The smallest absolute Gasteiger partial charge is 0.286 e. The molecule has 2 rings (SSSR count). The van der Waals surface area contributed by atoms with Gasteiger partial charge >= 0.3 is 0 Å². The summed E-state index contributed by atoms with van der Waals surface area (Å²) in [5.74, 6) is -2.31. The number of alkyl halides is 3. The van der Waals surface area contributed by atoms with Gasteiger partial charge in [0.2, 0.25) is 0 Å². The third-order valence-corrected chi connectivity index (χ3v) is 4.26. The minimum atomic E-state index is -2.94. The summed E-state index contributed by atoms with van der Waals surface area (Å²) in [6.07, 6.45) is -1.28. The van der Waals surface area contributed by atoms with E-state index in [2.05, 4.69) is 0 Å². The van der Waals surface area contributed by atoms with Gasteiger partial charge < -0.3 is 9.47 Å². The maximum absolute atomic E-state index is 14.2. The van der Waals surface area contributed by atoms with Crippen molar-refractivity contribution in [3.8, 4) is 5.75 Å². The van der Waals surface area contributed by atoms with Crippen LogP contribution in [0.4, 0.5) is 8.78 Å². The van der Waals surface area contributed by atoms with Gasteiger partial charge in [0, 0.05) is 0 Å². The molecule has 1 atom stereocenters. The Morgan fingerprint density at radius 1 is 1.05 bits per heavy atom. The number of benzene rings is 2. The molecule has 0 aliphatic rings. The number of hydrogen-bond donors (Lipinski definition) is 0. The van der Waals surface area contributed by atoms with Gasteiger partial charge in [0.1, 0.15) is 11.9 Å². The van der Waals surface area contributed by atoms with Crippen molar-refractivity contribution in [2.45, 2.75) is 18.6 Å². The second kappa shape index (κ2) is 7.87. The molecule has 0 spiro atoms. The Hall–Kier alpha value is -1.21. The summed E-state index contributed by atoms with van der Waals surface area (Å²) in [5, 5.41) is 0. The molecule has 5 heteroatoms. The first-order chi connectivity index (χ1) is 10.6. The summed E-state index contributed by atoms with van der Waals surface area (Å²) >= 11 is 1.69. The molecule has 2 aromatic carbocycles. The van der Waals surface area contributed by atoms with Crippen LogP contribution in [0, 0.1) is 0 Å². The van der Waals surface area contributed by atoms with Gasteiger partial charge in [-0.1, -0.05) is 65.1 Å². The molecule has 0 aliphatic carbocycles. The van der Waals surface area contributed by atoms with Crippen molar-refractivity contribution in [3.63, 3.8) is 0 Å². The molecule has 0 radical (unpaired) electrons. The number of methoxy groups -OCH3 is 1. The van der Waals surface area contributed by atoms with Crippen molar-refractivity contribution in [1.82, 2.24) is 0 Å². The normalized spacial score (nSPS) is 12.9. The Kier molecular flexibility index (Phi) is 6.14. The third-order valence-electron chi connectivity index (χ3n) is 3.24. The van der Waals surface area contributed by atoms with Crippen LogP contribution in [-0.4, -0.2) is 17.5 Å². The van der Waals surface area contributed by atoms with E-state index in [1.54, 1.807) is 46.9 Å². The van der Waals surface area contributed by atoms with Crippen LogP contribution < -0.4 is 4.74 Å². The summed E-state index contributed by atoms with van der Waals surface area (Å²) in [6, 6.07) is 15.9. The number of hydrogen-bond acceptors (Lipinski definition) is 2. The summed E-state index contributed by atoms with van der Waals surface area (Å²) in [4.78, 5) is 0. The zero-order valence-corrected chi connectivity index (χ0v) is 14.3. The fourth-order valence-corrected chi connectivity index (χ4v) is 2.46. The summed E-state index contributed by atoms with van der Waals surface area (Å²) in [7, 11) is 1.54. The summed E-state index contributed by atoms with van der Waals surface area (Å²) in [5.41, 5.74) is 1.31. The van der Waals surface area contributed by atoms with Gasteiger partial charge in [0.25, 0.3) is 5.92 Å². The molecule has 0 aromatic heterocycles. The Morgan fingerprint density at radius 3 is 2.23 bits per heavy atom. The Morgan fingerprint density at radius 2 is 1.68 bits per heavy atom. The van der Waals surface area contributed by atoms with Crippen molar-refractivity contribution >= 4 is 22.6 Å². The standard InChI is InChI=1S/C17H17F2IO2/c1-21-15-9-7-14(8-10-15)16(17(18,19)12-20)22-11-13-5-3-2-4-6-13/h2-10,16H,11-12H2,1H3. The highest BCUT2D eigenvalue weighted by Gasteiger charge is 2.40. The maximum Gasteiger partial charge on any atom is 0.286 e. The van der Waals surface area contributed by atoms with Gasteiger partial charge in [0.05, 0.1) is 18.1 Å². The van der Waals surface area contributed by atoms with Gasteiger partial charge in [-0.05, 0) is 23.3 Å². The van der Waals surface area contributed by atoms with Crippen molar-refractivity contribution < 1.29 is 18.3 Å². The molecule has 0 aliphatic heterocycles. The van der Waals surface area contributed by atoms with E-state index in [0.717, 1.165) is 5.56 Å². The van der Waals surface area contributed by atoms with Crippen LogP contribution in [0.5, 0.6) is 5.75 Å². The number of rotatable bonds is 7. The minimum absolute atomic E-state index is 0.143. The molecule has 0 fully saturated rings. The van der Waals surface area contributed by atoms with Gasteiger partial charge in [-0.2, -0.15) is 0 Å². The molecule has 118 valence electrons. The Labute approximate surface area is 142 Å². The van der Waals surface area contributed by atoms with Crippen molar-refractivity contribution in [3.05, 3.63) is 65.7 Å². The van der Waals surface area contributed by atoms with Crippen molar-refractivity contribution in [2.24, 2.45) is 0 Å². The van der Waals surface area contributed by atoms with E-state index in [1.807, 2.05) is 30.3 Å². The molecule has 0 heterocycles. The van der Waals surface area contributed by atoms with Gasteiger partial charge in [-0.3, -0.25) is 0 Å². The fourth-order valence-electron chi connectivity index (χ4n) is 2.06. The van der Waals surface area contributed by atoms with E-state index in [0.29, 0.717) is 11.3 Å². The molecule has 0 amide bonds. The largest absolute Gasteiger partial charge is 0.497 e. The van der Waals surface area contributed by atoms with E-state index in [1.165, 1.54) is 7.11 Å². The summed E-state index contributed by atoms with van der Waals surface area (Å²) in [6.45, 7) is 0.143. The maximum atomic E-state index is 14.2. The lowest BCUT2D eigenvalue weighted by atomic mass is 10.0.